The van der Waals surface area contributed by atoms with E-state index in [0.717, 1.165) is 34.9 Å². The molecular formula is C27H25ClFN5O2. The van der Waals surface area contributed by atoms with E-state index in [2.05, 4.69) is 27.0 Å². The van der Waals surface area contributed by atoms with Crippen LogP contribution in [0.3, 0.4) is 0 Å². The summed E-state index contributed by atoms with van der Waals surface area (Å²) in [4.78, 5) is 4.81. The van der Waals surface area contributed by atoms with Gasteiger partial charge in [0.15, 0.2) is 5.82 Å². The lowest BCUT2D eigenvalue weighted by atomic mass is 9.86. The van der Waals surface area contributed by atoms with Gasteiger partial charge in [0.25, 0.3) is 5.88 Å². The molecule has 0 aliphatic carbocycles. The van der Waals surface area contributed by atoms with Gasteiger partial charge in [0, 0.05) is 37.4 Å². The fourth-order valence-corrected chi connectivity index (χ4v) is 5.60. The van der Waals surface area contributed by atoms with Crippen LogP contribution >= 0.6 is 11.6 Å². The summed E-state index contributed by atoms with van der Waals surface area (Å²) in [6.45, 7) is 1.35. The Labute approximate surface area is 212 Å². The number of benzene rings is 2. The number of pyridine rings is 1. The van der Waals surface area contributed by atoms with Crippen molar-refractivity contribution >= 4 is 33.5 Å². The summed E-state index contributed by atoms with van der Waals surface area (Å²) in [6, 6.07) is 15.6. The number of rotatable bonds is 5. The van der Waals surface area contributed by atoms with E-state index >= 15 is 4.39 Å². The van der Waals surface area contributed by atoms with Crippen LogP contribution < -0.4 is 4.74 Å². The SMILES string of the molecule is COc1nnn(C)c1-c1cnc2c3ccc(Cl)c(F)c3n(C(c3ccccc3)C3CCOCC3)c2c1. The van der Waals surface area contributed by atoms with E-state index < -0.39 is 5.82 Å². The van der Waals surface area contributed by atoms with Crippen LogP contribution in [0.15, 0.2) is 54.7 Å². The van der Waals surface area contributed by atoms with E-state index in [1.54, 1.807) is 31.1 Å². The van der Waals surface area contributed by atoms with Crippen molar-refractivity contribution in [3.05, 3.63) is 71.1 Å². The van der Waals surface area contributed by atoms with Crippen molar-refractivity contribution in [1.29, 1.82) is 0 Å². The number of ether oxygens (including phenoxy) is 2. The molecule has 5 aromatic rings. The largest absolute Gasteiger partial charge is 0.478 e. The molecule has 3 aromatic heterocycles. The number of halogens is 2. The van der Waals surface area contributed by atoms with E-state index in [4.69, 9.17) is 26.1 Å². The third kappa shape index (κ3) is 3.63. The average Bonchev–Trinajstić information content (AvgIpc) is 3.45. The minimum Gasteiger partial charge on any atom is -0.478 e. The second-order valence-electron chi connectivity index (χ2n) is 9.10. The van der Waals surface area contributed by atoms with Gasteiger partial charge in [0.05, 0.1) is 34.7 Å². The standard InChI is InChI=1S/C27H25ClFN5O2/c1-33-25(27(35-2)31-32-33)18-14-21-23(30-15-18)19-8-9-20(28)22(29)26(19)34(21)24(16-6-4-3-5-7-16)17-10-12-36-13-11-17/h3-9,14-15,17,24H,10-13H2,1-2H3. The first-order chi connectivity index (χ1) is 17.6. The molecule has 6 rings (SSSR count). The van der Waals surface area contributed by atoms with Gasteiger partial charge in [-0.1, -0.05) is 52.2 Å². The summed E-state index contributed by atoms with van der Waals surface area (Å²) in [6.07, 6.45) is 3.50. The summed E-state index contributed by atoms with van der Waals surface area (Å²) >= 11 is 6.33. The number of hydrogen-bond donors (Lipinski definition) is 0. The molecule has 0 saturated carbocycles. The van der Waals surface area contributed by atoms with Crippen molar-refractivity contribution < 1.29 is 13.9 Å². The van der Waals surface area contributed by atoms with Gasteiger partial charge in [-0.15, -0.1) is 0 Å². The van der Waals surface area contributed by atoms with Crippen molar-refractivity contribution in [3.8, 4) is 17.1 Å². The average molecular weight is 506 g/mol. The van der Waals surface area contributed by atoms with Crippen molar-refractivity contribution in [1.82, 2.24) is 24.5 Å². The highest BCUT2D eigenvalue weighted by Gasteiger charge is 2.31. The lowest BCUT2D eigenvalue weighted by molar-refractivity contribution is 0.0552. The van der Waals surface area contributed by atoms with Crippen LogP contribution in [0.5, 0.6) is 5.88 Å². The number of aryl methyl sites for hydroxylation is 1. The summed E-state index contributed by atoms with van der Waals surface area (Å²) in [5, 5.41) is 9.02. The first kappa shape index (κ1) is 22.9. The highest BCUT2D eigenvalue weighted by molar-refractivity contribution is 6.31. The molecule has 2 aromatic carbocycles. The molecule has 0 radical (unpaired) electrons. The van der Waals surface area contributed by atoms with Gasteiger partial charge in [0.1, 0.15) is 5.69 Å². The Balaban J connectivity index is 1.70. The molecule has 1 saturated heterocycles. The summed E-state index contributed by atoms with van der Waals surface area (Å²) in [7, 11) is 3.36. The van der Waals surface area contributed by atoms with Crippen LogP contribution in [0.4, 0.5) is 4.39 Å². The first-order valence-electron chi connectivity index (χ1n) is 11.9. The molecule has 0 spiro atoms. The number of aromatic nitrogens is 5. The van der Waals surface area contributed by atoms with Gasteiger partial charge in [-0.2, -0.15) is 0 Å². The zero-order valence-electron chi connectivity index (χ0n) is 20.0. The minimum atomic E-state index is -0.443. The second-order valence-corrected chi connectivity index (χ2v) is 9.50. The number of hydrogen-bond acceptors (Lipinski definition) is 5. The number of fused-ring (bicyclic) bond motifs is 3. The Kier molecular flexibility index (Phi) is 5.85. The quantitative estimate of drug-likeness (QED) is 0.302. The van der Waals surface area contributed by atoms with Crippen LogP contribution in [0.1, 0.15) is 24.4 Å². The van der Waals surface area contributed by atoms with Gasteiger partial charge in [-0.25, -0.2) is 9.07 Å². The van der Waals surface area contributed by atoms with E-state index in [0.29, 0.717) is 35.8 Å². The van der Waals surface area contributed by atoms with Gasteiger partial charge >= 0.3 is 0 Å². The van der Waals surface area contributed by atoms with Crippen molar-refractivity contribution in [2.24, 2.45) is 13.0 Å². The van der Waals surface area contributed by atoms with Crippen LogP contribution in [-0.4, -0.2) is 44.9 Å². The molecule has 1 fully saturated rings. The fourth-order valence-electron chi connectivity index (χ4n) is 5.45. The van der Waals surface area contributed by atoms with Crippen molar-refractivity contribution in [3.63, 3.8) is 0 Å². The molecule has 0 bridgehead atoms. The highest BCUT2D eigenvalue weighted by Crippen LogP contribution is 2.43. The van der Waals surface area contributed by atoms with Gasteiger partial charge in [-0.05, 0) is 42.5 Å². The van der Waals surface area contributed by atoms with Crippen LogP contribution in [0.25, 0.3) is 33.2 Å². The molecule has 1 atom stereocenters. The maximum Gasteiger partial charge on any atom is 0.261 e. The molecule has 4 heterocycles. The van der Waals surface area contributed by atoms with E-state index in [1.165, 1.54) is 0 Å². The molecule has 7 nitrogen and oxygen atoms in total. The smallest absolute Gasteiger partial charge is 0.261 e. The van der Waals surface area contributed by atoms with Crippen LogP contribution in [0, 0.1) is 11.7 Å². The molecule has 0 amide bonds. The van der Waals surface area contributed by atoms with Gasteiger partial charge in [0.2, 0.25) is 0 Å². The zero-order valence-corrected chi connectivity index (χ0v) is 20.7. The number of methoxy groups -OCH3 is 1. The van der Waals surface area contributed by atoms with Gasteiger partial charge in [-0.3, -0.25) is 4.98 Å². The molecule has 0 N–H and O–H groups in total. The van der Waals surface area contributed by atoms with Gasteiger partial charge < -0.3 is 14.0 Å². The minimum absolute atomic E-state index is 0.0862. The molecule has 1 unspecified atom stereocenters. The molecule has 184 valence electrons. The van der Waals surface area contributed by atoms with Crippen molar-refractivity contribution in [2.45, 2.75) is 18.9 Å². The summed E-state index contributed by atoms with van der Waals surface area (Å²) in [5.74, 6) is 0.205. The fraction of sp³-hybridized carbons (Fsp3) is 0.296. The molecule has 9 heteroatoms. The lowest BCUT2D eigenvalue weighted by Crippen LogP contribution is -2.27. The maximum absolute atomic E-state index is 15.8. The van der Waals surface area contributed by atoms with E-state index in [9.17, 15) is 0 Å². The Morgan fingerprint density at radius 1 is 1.14 bits per heavy atom. The van der Waals surface area contributed by atoms with Crippen LogP contribution in [0.2, 0.25) is 5.02 Å². The monoisotopic (exact) mass is 505 g/mol. The maximum atomic E-state index is 15.8. The molecule has 1 aliphatic rings. The number of nitrogens with zero attached hydrogens (tertiary/aromatic N) is 5. The lowest BCUT2D eigenvalue weighted by Gasteiger charge is -2.33. The third-order valence-electron chi connectivity index (χ3n) is 7.09. The Bertz CT molecular complexity index is 1560. The zero-order chi connectivity index (χ0) is 24.8. The Morgan fingerprint density at radius 3 is 2.67 bits per heavy atom. The highest BCUT2D eigenvalue weighted by atomic mass is 35.5. The Morgan fingerprint density at radius 2 is 1.92 bits per heavy atom. The van der Waals surface area contributed by atoms with Crippen LogP contribution in [-0.2, 0) is 11.8 Å². The van der Waals surface area contributed by atoms with Crippen molar-refractivity contribution in [2.75, 3.05) is 20.3 Å². The van der Waals surface area contributed by atoms with E-state index in [-0.39, 0.29) is 17.0 Å². The second kappa shape index (κ2) is 9.19. The predicted octanol–water partition coefficient (Wildman–Crippen LogP) is 5.80. The summed E-state index contributed by atoms with van der Waals surface area (Å²) < 4.78 is 30.7. The summed E-state index contributed by atoms with van der Waals surface area (Å²) in [5.41, 5.74) is 4.56. The predicted molar refractivity (Wildman–Crippen MR) is 137 cm³/mol. The topological polar surface area (TPSA) is 67.0 Å². The third-order valence-corrected chi connectivity index (χ3v) is 7.38. The first-order valence-corrected chi connectivity index (χ1v) is 12.3. The normalized spacial score (nSPS) is 15.6. The molecular weight excluding hydrogens is 481 g/mol. The van der Waals surface area contributed by atoms with E-state index in [1.807, 2.05) is 30.3 Å². The molecule has 1 aliphatic heterocycles. The Hall–Kier alpha value is -3.49. The molecule has 36 heavy (non-hydrogen) atoms.